The third-order valence-corrected chi connectivity index (χ3v) is 6.53. The molecule has 1 atom stereocenters. The SMILES string of the molecule is CC(=O)c1cnc2ccc(-c3cc(F)c(O)c(Cl)c3)nc2c1N[C@H]1CC[C@H](NC(=O)C(C)N)CC1. The Bertz CT molecular complexity index is 1270. The maximum atomic E-state index is 14.1. The molecule has 1 unspecified atom stereocenters. The molecule has 1 aliphatic carbocycles. The van der Waals surface area contributed by atoms with Crippen molar-refractivity contribution >= 4 is 40.0 Å². The maximum Gasteiger partial charge on any atom is 0.236 e. The molecule has 35 heavy (non-hydrogen) atoms. The van der Waals surface area contributed by atoms with Crippen molar-refractivity contribution in [3.8, 4) is 17.0 Å². The highest BCUT2D eigenvalue weighted by atomic mass is 35.5. The minimum Gasteiger partial charge on any atom is -0.504 e. The Balaban J connectivity index is 1.65. The van der Waals surface area contributed by atoms with Gasteiger partial charge >= 0.3 is 0 Å². The first-order valence-corrected chi connectivity index (χ1v) is 11.8. The van der Waals surface area contributed by atoms with Gasteiger partial charge in [-0.3, -0.25) is 14.6 Å². The number of phenolic OH excluding ortho intramolecular Hbond substituents is 1. The molecule has 0 bridgehead atoms. The van der Waals surface area contributed by atoms with Crippen LogP contribution >= 0.6 is 11.6 Å². The zero-order valence-electron chi connectivity index (χ0n) is 19.4. The fourth-order valence-electron chi connectivity index (χ4n) is 4.27. The van der Waals surface area contributed by atoms with E-state index in [0.29, 0.717) is 33.5 Å². The number of nitrogens with zero attached hydrogens (tertiary/aromatic N) is 2. The minimum absolute atomic E-state index is 0.0619. The second-order valence-corrected chi connectivity index (χ2v) is 9.35. The van der Waals surface area contributed by atoms with Gasteiger partial charge in [0.1, 0.15) is 5.52 Å². The molecule has 0 radical (unpaired) electrons. The number of halogens is 2. The van der Waals surface area contributed by atoms with Gasteiger partial charge in [0.05, 0.1) is 33.5 Å². The molecule has 2 aromatic heterocycles. The number of fused-ring (bicyclic) bond motifs is 1. The minimum atomic E-state index is -0.851. The molecular weight excluding hydrogens is 473 g/mol. The number of benzene rings is 1. The Hall–Kier alpha value is -3.30. The summed E-state index contributed by atoms with van der Waals surface area (Å²) in [6, 6.07) is 5.58. The molecule has 0 spiro atoms. The fourth-order valence-corrected chi connectivity index (χ4v) is 4.48. The molecule has 1 aromatic carbocycles. The number of amides is 1. The molecule has 184 valence electrons. The van der Waals surface area contributed by atoms with Crippen LogP contribution in [0.15, 0.2) is 30.5 Å². The van der Waals surface area contributed by atoms with Crippen molar-refractivity contribution in [3.63, 3.8) is 0 Å². The smallest absolute Gasteiger partial charge is 0.236 e. The number of ketones is 1. The lowest BCUT2D eigenvalue weighted by molar-refractivity contribution is -0.122. The molecule has 0 saturated heterocycles. The van der Waals surface area contributed by atoms with Crippen LogP contribution in [0.2, 0.25) is 5.02 Å². The van der Waals surface area contributed by atoms with Gasteiger partial charge in [-0.05, 0) is 63.8 Å². The number of hydrogen-bond acceptors (Lipinski definition) is 7. The Morgan fingerprint density at radius 3 is 2.51 bits per heavy atom. The molecule has 3 aromatic rings. The van der Waals surface area contributed by atoms with Crippen LogP contribution in [0.1, 0.15) is 49.9 Å². The number of rotatable bonds is 6. The van der Waals surface area contributed by atoms with Gasteiger partial charge in [-0.1, -0.05) is 11.6 Å². The summed E-state index contributed by atoms with van der Waals surface area (Å²) in [5, 5.41) is 16.0. The van der Waals surface area contributed by atoms with Gasteiger partial charge in [0.2, 0.25) is 5.91 Å². The number of nitrogens with one attached hydrogen (secondary N) is 2. The van der Waals surface area contributed by atoms with Crippen molar-refractivity contribution in [1.29, 1.82) is 0 Å². The highest BCUT2D eigenvalue weighted by Gasteiger charge is 2.25. The average Bonchev–Trinajstić information content (AvgIpc) is 2.83. The van der Waals surface area contributed by atoms with Gasteiger partial charge in [-0.25, -0.2) is 9.37 Å². The molecular formula is C25H27ClFN5O3. The van der Waals surface area contributed by atoms with E-state index in [2.05, 4.69) is 20.6 Å². The monoisotopic (exact) mass is 499 g/mol. The molecule has 5 N–H and O–H groups in total. The largest absolute Gasteiger partial charge is 0.504 e. The predicted octanol–water partition coefficient (Wildman–Crippen LogP) is 4.18. The molecule has 1 fully saturated rings. The predicted molar refractivity (Wildman–Crippen MR) is 133 cm³/mol. The van der Waals surface area contributed by atoms with Crippen LogP contribution in [-0.4, -0.2) is 44.9 Å². The first kappa shape index (κ1) is 24.8. The van der Waals surface area contributed by atoms with Crippen molar-refractivity contribution in [2.24, 2.45) is 5.73 Å². The number of nitrogens with two attached hydrogens (primary N) is 1. The van der Waals surface area contributed by atoms with E-state index in [-0.39, 0.29) is 28.8 Å². The van der Waals surface area contributed by atoms with E-state index in [1.807, 2.05) is 0 Å². The average molecular weight is 500 g/mol. The second-order valence-electron chi connectivity index (χ2n) is 8.95. The Morgan fingerprint density at radius 1 is 1.20 bits per heavy atom. The van der Waals surface area contributed by atoms with Gasteiger partial charge in [0.25, 0.3) is 0 Å². The van der Waals surface area contributed by atoms with E-state index in [1.54, 1.807) is 19.1 Å². The molecule has 2 heterocycles. The zero-order valence-corrected chi connectivity index (χ0v) is 20.2. The number of pyridine rings is 2. The number of carbonyl (C=O) groups excluding carboxylic acids is 2. The third-order valence-electron chi connectivity index (χ3n) is 6.24. The number of Topliss-reactive ketones (excluding diaryl/α,β-unsaturated/α-hetero) is 1. The summed E-state index contributed by atoms with van der Waals surface area (Å²) in [6.45, 7) is 3.12. The Kier molecular flexibility index (Phi) is 7.18. The number of aromatic hydroxyl groups is 1. The van der Waals surface area contributed by atoms with Crippen LogP contribution in [0.5, 0.6) is 5.75 Å². The lowest BCUT2D eigenvalue weighted by atomic mass is 9.90. The van der Waals surface area contributed by atoms with Gasteiger partial charge in [-0.2, -0.15) is 0 Å². The number of anilines is 1. The van der Waals surface area contributed by atoms with Crippen LogP contribution in [0.25, 0.3) is 22.3 Å². The topological polar surface area (TPSA) is 130 Å². The summed E-state index contributed by atoms with van der Waals surface area (Å²) in [5.74, 6) is -1.79. The Labute approximate surface area is 207 Å². The summed E-state index contributed by atoms with van der Waals surface area (Å²) >= 11 is 5.95. The molecule has 8 nitrogen and oxygen atoms in total. The fraction of sp³-hybridized carbons (Fsp3) is 0.360. The standard InChI is InChI=1S/C25H27ClFN5O3/c1-12(28)25(35)31-16-5-3-15(4-6-16)30-22-17(13(2)33)11-29-21-8-7-20(32-23(21)22)14-9-18(26)24(34)19(27)10-14/h7-12,15-16,34H,3-6,28H2,1-2H3,(H,29,30)(H,31,35)/t12?,15-,16-. The van der Waals surface area contributed by atoms with Crippen LogP contribution in [0.3, 0.4) is 0 Å². The van der Waals surface area contributed by atoms with Crippen LogP contribution in [0.4, 0.5) is 10.1 Å². The van der Waals surface area contributed by atoms with E-state index in [0.717, 1.165) is 31.7 Å². The van der Waals surface area contributed by atoms with Gasteiger partial charge in [-0.15, -0.1) is 0 Å². The third kappa shape index (κ3) is 5.36. The van der Waals surface area contributed by atoms with Crippen LogP contribution < -0.4 is 16.4 Å². The quantitative estimate of drug-likeness (QED) is 0.374. The number of carbonyl (C=O) groups is 2. The maximum absolute atomic E-state index is 14.1. The molecule has 1 amide bonds. The first-order valence-electron chi connectivity index (χ1n) is 11.5. The number of aromatic nitrogens is 2. The van der Waals surface area contributed by atoms with Crippen molar-refractivity contribution in [1.82, 2.24) is 15.3 Å². The van der Waals surface area contributed by atoms with Crippen LogP contribution in [0, 0.1) is 5.82 Å². The lowest BCUT2D eigenvalue weighted by Gasteiger charge is -2.31. The normalized spacial score (nSPS) is 18.8. The van der Waals surface area contributed by atoms with E-state index in [1.165, 1.54) is 19.2 Å². The molecule has 1 saturated carbocycles. The summed E-state index contributed by atoms with van der Waals surface area (Å²) in [5.41, 5.74) is 8.48. The summed E-state index contributed by atoms with van der Waals surface area (Å²) in [6.07, 6.45) is 4.64. The highest BCUT2D eigenvalue weighted by Crippen LogP contribution is 2.34. The van der Waals surface area contributed by atoms with E-state index < -0.39 is 17.6 Å². The van der Waals surface area contributed by atoms with Crippen molar-refractivity contribution < 1.29 is 19.1 Å². The van der Waals surface area contributed by atoms with Crippen LogP contribution in [-0.2, 0) is 4.79 Å². The molecule has 0 aliphatic heterocycles. The summed E-state index contributed by atoms with van der Waals surface area (Å²) in [7, 11) is 0. The Morgan fingerprint density at radius 2 is 1.89 bits per heavy atom. The van der Waals surface area contributed by atoms with Gasteiger partial charge < -0.3 is 21.5 Å². The molecule has 4 rings (SSSR count). The number of phenols is 1. The molecule has 1 aliphatic rings. The van der Waals surface area contributed by atoms with E-state index in [9.17, 15) is 19.1 Å². The van der Waals surface area contributed by atoms with Gasteiger partial charge in [0, 0.05) is 23.8 Å². The van der Waals surface area contributed by atoms with Crippen molar-refractivity contribution in [2.75, 3.05) is 5.32 Å². The molecule has 10 heteroatoms. The van der Waals surface area contributed by atoms with Crippen molar-refractivity contribution in [3.05, 3.63) is 46.9 Å². The second kappa shape index (κ2) is 10.1. The number of hydrogen-bond donors (Lipinski definition) is 4. The summed E-state index contributed by atoms with van der Waals surface area (Å²) in [4.78, 5) is 33.4. The zero-order chi connectivity index (χ0) is 25.3. The van der Waals surface area contributed by atoms with E-state index in [4.69, 9.17) is 17.3 Å². The van der Waals surface area contributed by atoms with E-state index >= 15 is 0 Å². The highest BCUT2D eigenvalue weighted by molar-refractivity contribution is 6.32. The van der Waals surface area contributed by atoms with Crippen molar-refractivity contribution in [2.45, 2.75) is 57.7 Å². The lowest BCUT2D eigenvalue weighted by Crippen LogP contribution is -2.46. The first-order chi connectivity index (χ1) is 16.6. The summed E-state index contributed by atoms with van der Waals surface area (Å²) < 4.78 is 14.1. The van der Waals surface area contributed by atoms with Gasteiger partial charge in [0.15, 0.2) is 17.3 Å².